The number of allylic oxidation sites excluding steroid dienone is 5. The van der Waals surface area contributed by atoms with Crippen molar-refractivity contribution in [2.45, 2.75) is 168 Å². The van der Waals surface area contributed by atoms with E-state index < -0.39 is 98.7 Å². The number of carboxylic acid groups (broad SMARTS) is 2. The standard InChI is InChI=1S/C33H36ClF2N7O2.C30H35ClN6O.C5H8F2O2.C5H6F2O2.C5H6F2O.2C4H4F2O2.CH4.B.2Na.H2O.4H2S.H/c1-37-18-24-19-42(16-17-43(24)30(44)12-11-29(35)36)32-25-13-15-41(28-10-4-7-22-6-3-9-26(34)31(22)28)20-27(25)38-33(39-32)45-21-23-8-5-14-40(23)2;1-32-17-21-7-5-15-37(18-21)29-24-13-16-36(27-12-4-9-22-8-3-11-25(31)28(22)27)19-26(24)33-30(34-29)38-20-23-10-6-14-35(23)2;2*1-3(8)2-4(9)5(6)7;1-4(8)2-3-5(6)7;2*5-3(6)1-2-4(7)8;;;;;;;;;;/h3-4,6-7,9-12,23-24,29H,5,8,13-21H2,2H3;3-4,8-9,11-12,21,23H,5-7,10,13-20H2,2H3;4-5,9H,2H2,1H3;5H,2H2,1H3;2-3,5H,1H3;2*1-3H,(H,7,8);1H4;;;;5*1H2;/q;;;;;;;;;2*+1;;;;;;-1/p-1/b12-11+;;;;3-2+;2*2-1+;;;;;;;;;;/t23-,24-;21-,23-;;;;;;;;;;;;;;;/m00.............../s1. The minimum atomic E-state index is -3.01. The predicted molar refractivity (Wildman–Crippen MR) is 507 cm³/mol. The van der Waals surface area contributed by atoms with Crippen molar-refractivity contribution in [3.05, 3.63) is 177 Å². The van der Waals surface area contributed by atoms with Crippen LogP contribution >= 0.6 is 77.2 Å². The van der Waals surface area contributed by atoms with Gasteiger partial charge in [-0.2, -0.15) is 73.9 Å². The average molecular weight is 2030 g/mol. The Balaban J connectivity index is -0.000000560. The molecule has 0 saturated carbocycles. The minimum absolute atomic E-state index is 0. The first-order valence-corrected chi connectivity index (χ1v) is 40.5. The molecule has 47 heteroatoms. The fraction of sp³-hybridized carbons (Fsp3) is 0.483. The van der Waals surface area contributed by atoms with Gasteiger partial charge >= 0.3 is 83.1 Å². The Morgan fingerprint density at radius 1 is 0.530 bits per heavy atom. The number of halogens is 14. The van der Waals surface area contributed by atoms with Gasteiger partial charge in [0.2, 0.25) is 24.8 Å². The van der Waals surface area contributed by atoms with Gasteiger partial charge in [0, 0.05) is 130 Å². The van der Waals surface area contributed by atoms with E-state index in [0.29, 0.717) is 124 Å². The molecule has 5 atom stereocenters. The number of Topliss-reactive ketones (excluding diaryl/α,β-unsaturated/α-hetero) is 3. The number of piperidine rings is 1. The number of ether oxygens (including phenoxy) is 2. The van der Waals surface area contributed by atoms with E-state index in [2.05, 4.69) is 95.6 Å². The number of aromatic nitrogens is 4. The summed E-state index contributed by atoms with van der Waals surface area (Å²) in [6, 6.07) is 25.6. The summed E-state index contributed by atoms with van der Waals surface area (Å²) in [7, 11) is 4.26. The number of anilines is 4. The molecule has 1 amide bonds. The van der Waals surface area contributed by atoms with E-state index in [9.17, 15) is 86.2 Å². The number of likely N-dealkylation sites (tertiary alicyclic amines) is 2. The quantitative estimate of drug-likeness (QED) is 0.0149. The maximum atomic E-state index is 12.8. The van der Waals surface area contributed by atoms with Crippen LogP contribution in [-0.4, -0.2) is 267 Å². The number of aliphatic hydroxyl groups excluding tert-OH is 1. The molecule has 0 spiro atoms. The first kappa shape index (κ1) is 133. The van der Waals surface area contributed by atoms with Gasteiger partial charge in [0.1, 0.15) is 48.6 Å². The Morgan fingerprint density at radius 2 is 0.933 bits per heavy atom. The molecule has 3 radical (unpaired) electrons. The average Bonchev–Trinajstić information content (AvgIpc) is 0.976. The Morgan fingerprint density at radius 3 is 1.27 bits per heavy atom. The number of alkyl halides is 12. The number of hydrogen-bond donors (Lipinski definition) is 3. The molecule has 134 heavy (non-hydrogen) atoms. The molecule has 0 bridgehead atoms. The Kier molecular flexibility index (Phi) is 67.8. The van der Waals surface area contributed by atoms with Gasteiger partial charge in [0.15, 0.2) is 5.78 Å². The second kappa shape index (κ2) is 68.5. The van der Waals surface area contributed by atoms with Crippen LogP contribution in [-0.2, 0) is 59.5 Å². The zero-order valence-corrected chi connectivity index (χ0v) is 83.7. The molecule has 0 aliphatic carbocycles. The maximum Gasteiger partial charge on any atom is 1.00 e. The molecule has 6 aliphatic rings. The Labute approximate surface area is 857 Å². The molecule has 6 aromatic rings. The van der Waals surface area contributed by atoms with Gasteiger partial charge in [-0.25, -0.2) is 75.4 Å². The number of amides is 1. The van der Waals surface area contributed by atoms with Crippen LogP contribution in [0, 0.1) is 19.1 Å². The number of aliphatic carboxylic acids is 2. The largest absolute Gasteiger partial charge is 1.00 e. The molecule has 12 rings (SSSR count). The van der Waals surface area contributed by atoms with Crippen molar-refractivity contribution in [2.75, 3.05) is 119 Å². The van der Waals surface area contributed by atoms with Crippen molar-refractivity contribution in [3.8, 4) is 12.0 Å². The predicted octanol–water partition coefficient (Wildman–Crippen LogP) is 9.75. The molecule has 6 aliphatic heterocycles. The van der Waals surface area contributed by atoms with E-state index in [0.717, 1.165) is 170 Å². The van der Waals surface area contributed by atoms with Crippen LogP contribution in [0.4, 0.5) is 75.7 Å². The van der Waals surface area contributed by atoms with Gasteiger partial charge in [-0.1, -0.05) is 79.2 Å². The molecule has 26 nitrogen and oxygen atoms in total. The molecule has 4 aromatic carbocycles. The van der Waals surface area contributed by atoms with Crippen molar-refractivity contribution >= 4 is 171 Å². The van der Waals surface area contributed by atoms with E-state index in [1.807, 2.05) is 30.3 Å². The van der Waals surface area contributed by atoms with Gasteiger partial charge in [-0.3, -0.25) is 24.0 Å². The first-order valence-electron chi connectivity index (χ1n) is 39.7. The third kappa shape index (κ3) is 44.9. The summed E-state index contributed by atoms with van der Waals surface area (Å²) in [6.45, 7) is 28.0. The second-order valence-electron chi connectivity index (χ2n) is 29.5. The van der Waals surface area contributed by atoms with Gasteiger partial charge in [-0.15, -0.1) is 0 Å². The van der Waals surface area contributed by atoms with Crippen LogP contribution in [0.25, 0.3) is 31.2 Å². The van der Waals surface area contributed by atoms with Crippen molar-refractivity contribution in [2.24, 2.45) is 5.92 Å². The number of rotatable bonds is 26. The van der Waals surface area contributed by atoms with E-state index in [4.69, 9.17) is 81.1 Å². The van der Waals surface area contributed by atoms with Crippen molar-refractivity contribution in [1.82, 2.24) is 34.6 Å². The number of piperazine rings is 1. The van der Waals surface area contributed by atoms with E-state index in [1.54, 1.807) is 0 Å². The monoisotopic (exact) mass is 2030 g/mol. The first-order chi connectivity index (χ1) is 59.4. The van der Waals surface area contributed by atoms with E-state index in [1.165, 1.54) is 23.8 Å². The van der Waals surface area contributed by atoms with Gasteiger partial charge < -0.3 is 75.7 Å². The van der Waals surface area contributed by atoms with Crippen LogP contribution in [0.5, 0.6) is 12.0 Å². The number of carboxylic acids is 2. The summed E-state index contributed by atoms with van der Waals surface area (Å²) in [6.07, 6.45) is -6.69. The third-order valence-corrected chi connectivity index (χ3v) is 20.8. The van der Waals surface area contributed by atoms with Crippen LogP contribution in [0.1, 0.15) is 104 Å². The van der Waals surface area contributed by atoms with E-state index >= 15 is 0 Å². The zero-order chi connectivity index (χ0) is 92.1. The summed E-state index contributed by atoms with van der Waals surface area (Å²) in [5.74, 6) is -3.69. The van der Waals surface area contributed by atoms with Gasteiger partial charge in [-0.05, 0) is 165 Å². The molecular weight excluding hydrogens is 1920 g/mol. The van der Waals surface area contributed by atoms with Crippen molar-refractivity contribution in [1.29, 1.82) is 0 Å². The number of benzene rings is 4. The molecule has 8 heterocycles. The number of nitrogens with zero attached hydrogens (tertiary/aromatic N) is 13. The molecule has 731 valence electrons. The maximum absolute atomic E-state index is 12.8. The van der Waals surface area contributed by atoms with Gasteiger partial charge in [0.25, 0.3) is 38.6 Å². The van der Waals surface area contributed by atoms with Crippen LogP contribution in [0.2, 0.25) is 10.0 Å². The molecule has 2 aromatic heterocycles. The molecule has 4 saturated heterocycles. The summed E-state index contributed by atoms with van der Waals surface area (Å²) in [5, 5.41) is 29.6. The minimum Gasteiger partial charge on any atom is -1.00 e. The SMILES string of the molecule is C.CC(=O)/C=C/C(F)F.CC(=O)CC(=O)C(F)F.CC(=O)CC(O)C(F)F.O=C(O)/C=C/C(F)F.O=C(O)/C=C/C(F)F.S.S.S.S.[B].[C-]#[N+]C[C@@H]1CCCN(c2nc(OC[C@@H]3CCCN3C)nc3c2CCN(c2cccc4cccc(Cl)c24)C3)C1.[C-]#[N+]C[C@H]1CN(c2nc(OC[C@@H]3CCCN3C)nc3c2CCN(c2cccc4cccc(Cl)c24)C3)CCN1C(=O)/C=C/C(F)F.[H-].[Na+].[Na+].[OH-]. The van der Waals surface area contributed by atoms with Crippen LogP contribution < -0.4 is 88.2 Å². The van der Waals surface area contributed by atoms with Crippen molar-refractivity contribution in [3.63, 3.8) is 0 Å². The van der Waals surface area contributed by atoms with E-state index in [-0.39, 0.29) is 155 Å². The summed E-state index contributed by atoms with van der Waals surface area (Å²) < 4.78 is 150. The molecule has 4 N–H and O–H groups in total. The number of fused-ring (bicyclic) bond motifs is 4. The third-order valence-electron chi connectivity index (χ3n) is 20.2. The van der Waals surface area contributed by atoms with Crippen LogP contribution in [0.3, 0.4) is 0 Å². The Bertz CT molecular complexity index is 4800. The number of likely N-dealkylation sites (N-methyl/N-ethyl adjacent to an activating group) is 2. The summed E-state index contributed by atoms with van der Waals surface area (Å²) in [5.41, 5.74) is 6.32. The topological polar surface area (TPSA) is 312 Å². The number of carbonyl (C=O) groups is 7. The fourth-order valence-corrected chi connectivity index (χ4v) is 14.8. The zero-order valence-electron chi connectivity index (χ0n) is 75.2. The molecule has 4 fully saturated rings. The number of hydrogen-bond acceptors (Lipinski definition) is 21. The Hall–Kier alpha value is -7.57. The fourth-order valence-electron chi connectivity index (χ4n) is 14.3. The normalized spacial score (nSPS) is 16.7. The van der Waals surface area contributed by atoms with Crippen molar-refractivity contribution < 1.29 is 177 Å². The number of carbonyl (C=O) groups excluding carboxylic acids is 5. The smallest absolute Gasteiger partial charge is 1.00 e. The van der Waals surface area contributed by atoms with Crippen LogP contribution in [0.15, 0.2) is 121 Å². The number of ketones is 4. The summed E-state index contributed by atoms with van der Waals surface area (Å²) >= 11 is 13.4. The molecular formula is C87H113BCl2F12N13Na2O13S4. The molecule has 1 unspecified atom stereocenters. The number of aliphatic hydroxyl groups is 1. The van der Waals surface area contributed by atoms with Gasteiger partial charge in [0.05, 0.1) is 40.9 Å². The second-order valence-corrected chi connectivity index (χ2v) is 30.4. The summed E-state index contributed by atoms with van der Waals surface area (Å²) in [4.78, 5) is 114.